The summed E-state index contributed by atoms with van der Waals surface area (Å²) in [6, 6.07) is 3.37. The first kappa shape index (κ1) is 20.3. The van der Waals surface area contributed by atoms with Gasteiger partial charge in [0.25, 0.3) is 5.91 Å². The highest BCUT2D eigenvalue weighted by molar-refractivity contribution is 5.95. The molecule has 0 spiro atoms. The number of nitrogens with zero attached hydrogens (tertiary/aromatic N) is 4. The summed E-state index contributed by atoms with van der Waals surface area (Å²) in [7, 11) is 0. The maximum atomic E-state index is 13.6. The molecule has 2 saturated heterocycles. The topological polar surface area (TPSA) is 66.0 Å². The number of carbonyl (C=O) groups is 2. The third kappa shape index (κ3) is 4.61. The van der Waals surface area contributed by atoms with Gasteiger partial charge >= 0.3 is 0 Å². The van der Waals surface area contributed by atoms with Crippen molar-refractivity contribution in [2.24, 2.45) is 5.92 Å². The molecule has 29 heavy (non-hydrogen) atoms. The molecule has 0 bridgehead atoms. The largest absolute Gasteiger partial charge is 0.379 e. The van der Waals surface area contributed by atoms with E-state index in [1.54, 1.807) is 17.3 Å². The van der Waals surface area contributed by atoms with Crippen LogP contribution in [0, 0.1) is 5.92 Å². The van der Waals surface area contributed by atoms with Gasteiger partial charge in [-0.25, -0.2) is 0 Å². The normalized spacial score (nSPS) is 29.3. The lowest BCUT2D eigenvalue weighted by molar-refractivity contribution is -0.159. The summed E-state index contributed by atoms with van der Waals surface area (Å²) in [6.45, 7) is 7.00. The van der Waals surface area contributed by atoms with Crippen LogP contribution in [0.2, 0.25) is 0 Å². The Morgan fingerprint density at radius 1 is 1.10 bits per heavy atom. The highest BCUT2D eigenvalue weighted by atomic mass is 16.5. The molecule has 2 aliphatic heterocycles. The zero-order valence-corrected chi connectivity index (χ0v) is 17.3. The second kappa shape index (κ2) is 9.22. The highest BCUT2D eigenvalue weighted by Crippen LogP contribution is 2.33. The maximum absolute atomic E-state index is 13.6. The molecule has 7 heteroatoms. The van der Waals surface area contributed by atoms with Gasteiger partial charge in [-0.2, -0.15) is 0 Å². The van der Waals surface area contributed by atoms with Gasteiger partial charge in [-0.15, -0.1) is 0 Å². The molecule has 158 valence electrons. The molecule has 1 atom stereocenters. The van der Waals surface area contributed by atoms with E-state index >= 15 is 0 Å². The molecule has 1 aromatic rings. The Morgan fingerprint density at radius 3 is 2.55 bits per heavy atom. The first-order valence-corrected chi connectivity index (χ1v) is 10.9. The SMILES string of the molecule is CC1CCC(N2CC(=O)N(CCN3CCOCC3)[C@H](c3cccnc3)C2=O)CC1. The van der Waals surface area contributed by atoms with Gasteiger partial charge < -0.3 is 14.5 Å². The van der Waals surface area contributed by atoms with Gasteiger partial charge in [-0.1, -0.05) is 13.0 Å². The van der Waals surface area contributed by atoms with Crippen molar-refractivity contribution in [3.05, 3.63) is 30.1 Å². The van der Waals surface area contributed by atoms with E-state index in [9.17, 15) is 9.59 Å². The lowest BCUT2D eigenvalue weighted by Crippen LogP contribution is -2.59. The van der Waals surface area contributed by atoms with Gasteiger partial charge in [-0.3, -0.25) is 19.5 Å². The average Bonchev–Trinajstić information content (AvgIpc) is 2.76. The van der Waals surface area contributed by atoms with Crippen LogP contribution in [0.4, 0.5) is 0 Å². The Morgan fingerprint density at radius 2 is 1.86 bits per heavy atom. The predicted octanol–water partition coefficient (Wildman–Crippen LogP) is 1.70. The third-order valence-electron chi connectivity index (χ3n) is 6.64. The van der Waals surface area contributed by atoms with Gasteiger partial charge in [0.2, 0.25) is 5.91 Å². The van der Waals surface area contributed by atoms with Crippen LogP contribution in [0.1, 0.15) is 44.2 Å². The summed E-state index contributed by atoms with van der Waals surface area (Å²) >= 11 is 0. The van der Waals surface area contributed by atoms with Crippen LogP contribution in [0.3, 0.4) is 0 Å². The first-order chi connectivity index (χ1) is 14.1. The number of amides is 2. The summed E-state index contributed by atoms with van der Waals surface area (Å²) in [5.74, 6) is 0.811. The van der Waals surface area contributed by atoms with E-state index in [0.717, 1.165) is 64.1 Å². The average molecular weight is 401 g/mol. The Labute approximate surface area is 173 Å². The monoisotopic (exact) mass is 400 g/mol. The second-order valence-electron chi connectivity index (χ2n) is 8.61. The second-order valence-corrected chi connectivity index (χ2v) is 8.61. The fourth-order valence-electron chi connectivity index (χ4n) is 4.80. The number of hydrogen-bond acceptors (Lipinski definition) is 5. The molecule has 1 aliphatic carbocycles. The molecular formula is C22H32N4O3. The van der Waals surface area contributed by atoms with Crippen molar-refractivity contribution < 1.29 is 14.3 Å². The van der Waals surface area contributed by atoms with Gasteiger partial charge in [0.1, 0.15) is 12.6 Å². The quantitative estimate of drug-likeness (QED) is 0.753. The Bertz CT molecular complexity index is 699. The molecule has 0 N–H and O–H groups in total. The predicted molar refractivity (Wildman–Crippen MR) is 109 cm³/mol. The lowest BCUT2D eigenvalue weighted by atomic mass is 9.85. The first-order valence-electron chi connectivity index (χ1n) is 10.9. The van der Waals surface area contributed by atoms with Crippen molar-refractivity contribution in [1.29, 1.82) is 0 Å². The van der Waals surface area contributed by atoms with E-state index < -0.39 is 6.04 Å². The number of aromatic nitrogens is 1. The smallest absolute Gasteiger partial charge is 0.250 e. The van der Waals surface area contributed by atoms with E-state index in [-0.39, 0.29) is 24.4 Å². The van der Waals surface area contributed by atoms with Crippen molar-refractivity contribution in [2.75, 3.05) is 45.9 Å². The minimum absolute atomic E-state index is 0.0466. The summed E-state index contributed by atoms with van der Waals surface area (Å²) in [4.78, 5) is 36.9. The molecule has 1 aromatic heterocycles. The van der Waals surface area contributed by atoms with Crippen LogP contribution in [0.5, 0.6) is 0 Å². The van der Waals surface area contributed by atoms with Crippen molar-refractivity contribution in [3.63, 3.8) is 0 Å². The van der Waals surface area contributed by atoms with Crippen molar-refractivity contribution in [2.45, 2.75) is 44.7 Å². The number of hydrogen-bond donors (Lipinski definition) is 0. The standard InChI is InChI=1S/C22H32N4O3/c1-17-4-6-19(7-5-17)26-16-20(27)25(10-9-24-11-13-29-14-12-24)21(22(26)28)18-3-2-8-23-15-18/h2-3,8,15,17,19,21H,4-7,9-14,16H2,1H3/t17?,19?,21-/m1/s1. The minimum Gasteiger partial charge on any atom is -0.379 e. The van der Waals surface area contributed by atoms with E-state index in [1.165, 1.54) is 0 Å². The van der Waals surface area contributed by atoms with E-state index in [1.807, 2.05) is 17.0 Å². The van der Waals surface area contributed by atoms with Gasteiger partial charge in [0.15, 0.2) is 0 Å². The summed E-state index contributed by atoms with van der Waals surface area (Å²) < 4.78 is 5.42. The molecule has 1 saturated carbocycles. The molecule has 3 aliphatic rings. The van der Waals surface area contributed by atoms with Gasteiger partial charge in [-0.05, 0) is 37.7 Å². The zero-order valence-electron chi connectivity index (χ0n) is 17.3. The van der Waals surface area contributed by atoms with Gasteiger partial charge in [0.05, 0.1) is 13.2 Å². The Kier molecular flexibility index (Phi) is 6.45. The lowest BCUT2D eigenvalue weighted by Gasteiger charge is -2.45. The molecule has 7 nitrogen and oxygen atoms in total. The van der Waals surface area contributed by atoms with Crippen LogP contribution in [0.15, 0.2) is 24.5 Å². The number of rotatable bonds is 5. The van der Waals surface area contributed by atoms with Crippen molar-refractivity contribution in [3.8, 4) is 0 Å². The molecule has 0 unspecified atom stereocenters. The van der Waals surface area contributed by atoms with Crippen LogP contribution < -0.4 is 0 Å². The van der Waals surface area contributed by atoms with Crippen LogP contribution in [0.25, 0.3) is 0 Å². The van der Waals surface area contributed by atoms with Crippen LogP contribution in [-0.4, -0.2) is 83.5 Å². The van der Waals surface area contributed by atoms with Gasteiger partial charge in [0, 0.05) is 50.2 Å². The number of morpholine rings is 1. The molecule has 2 amide bonds. The number of pyridine rings is 1. The Balaban J connectivity index is 1.52. The van der Waals surface area contributed by atoms with Crippen molar-refractivity contribution in [1.82, 2.24) is 19.7 Å². The number of ether oxygens (including phenoxy) is 1. The minimum atomic E-state index is -0.564. The van der Waals surface area contributed by atoms with Crippen molar-refractivity contribution >= 4 is 11.8 Å². The fraction of sp³-hybridized carbons (Fsp3) is 0.682. The highest BCUT2D eigenvalue weighted by Gasteiger charge is 2.43. The summed E-state index contributed by atoms with van der Waals surface area (Å²) in [5.41, 5.74) is 0.807. The van der Waals surface area contributed by atoms with E-state index in [4.69, 9.17) is 4.74 Å². The zero-order chi connectivity index (χ0) is 20.2. The third-order valence-corrected chi connectivity index (χ3v) is 6.64. The molecule has 3 fully saturated rings. The summed E-state index contributed by atoms with van der Waals surface area (Å²) in [6.07, 6.45) is 7.67. The van der Waals surface area contributed by atoms with E-state index in [0.29, 0.717) is 12.5 Å². The number of carbonyl (C=O) groups excluding carboxylic acids is 2. The molecule has 4 rings (SSSR count). The molecule has 0 radical (unpaired) electrons. The molecular weight excluding hydrogens is 368 g/mol. The fourth-order valence-corrected chi connectivity index (χ4v) is 4.80. The Hall–Kier alpha value is -1.99. The summed E-state index contributed by atoms with van der Waals surface area (Å²) in [5, 5.41) is 0. The maximum Gasteiger partial charge on any atom is 0.250 e. The van der Waals surface area contributed by atoms with E-state index in [2.05, 4.69) is 16.8 Å². The molecule has 0 aromatic carbocycles. The van der Waals surface area contributed by atoms with Crippen LogP contribution in [-0.2, 0) is 14.3 Å². The van der Waals surface area contributed by atoms with Crippen LogP contribution >= 0.6 is 0 Å². The molecule has 3 heterocycles. The number of piperazine rings is 1.